The zero-order valence-corrected chi connectivity index (χ0v) is 10.4. The van der Waals surface area contributed by atoms with Gasteiger partial charge >= 0.3 is 5.97 Å². The van der Waals surface area contributed by atoms with Crippen LogP contribution in [0.1, 0.15) is 30.3 Å². The summed E-state index contributed by atoms with van der Waals surface area (Å²) in [5, 5.41) is 8.92. The van der Waals surface area contributed by atoms with E-state index in [9.17, 15) is 13.6 Å². The Labute approximate surface area is 108 Å². The van der Waals surface area contributed by atoms with Crippen LogP contribution in [0, 0.1) is 11.3 Å². The van der Waals surface area contributed by atoms with Crippen molar-refractivity contribution in [1.82, 2.24) is 4.98 Å². The number of rotatable bonds is 5. The molecule has 7 heteroatoms. The normalized spacial score (nSPS) is 10.1. The maximum atomic E-state index is 12.6. The van der Waals surface area contributed by atoms with E-state index in [2.05, 4.69) is 4.98 Å². The van der Waals surface area contributed by atoms with Crippen molar-refractivity contribution in [3.8, 4) is 11.8 Å². The first-order valence-corrected chi connectivity index (χ1v) is 5.45. The first kappa shape index (κ1) is 14.8. The molecule has 0 unspecified atom stereocenters. The van der Waals surface area contributed by atoms with Crippen molar-refractivity contribution < 1.29 is 23.0 Å². The molecule has 0 saturated heterocycles. The number of hydrogen-bond donors (Lipinski definition) is 0. The lowest BCUT2D eigenvalue weighted by molar-refractivity contribution is -0.142. The number of methoxy groups -OCH3 is 1. The SMILES string of the molecule is CCOC(=O)Cc1c(OC)cc(C(F)F)nc1C#N. The van der Waals surface area contributed by atoms with Crippen LogP contribution in [0.15, 0.2) is 6.07 Å². The number of pyridine rings is 1. The standard InChI is InChI=1S/C12H12F2N2O3/c1-3-19-11(17)4-7-9(6-15)16-8(12(13)14)5-10(7)18-2/h5,12H,3-4H2,1-2H3. The molecule has 1 heterocycles. The minimum atomic E-state index is -2.82. The third-order valence-electron chi connectivity index (χ3n) is 2.28. The fraction of sp³-hybridized carbons (Fsp3) is 0.417. The third-order valence-corrected chi connectivity index (χ3v) is 2.28. The summed E-state index contributed by atoms with van der Waals surface area (Å²) in [6.45, 7) is 1.82. The first-order valence-electron chi connectivity index (χ1n) is 5.45. The Morgan fingerprint density at radius 2 is 2.26 bits per heavy atom. The number of halogens is 2. The van der Waals surface area contributed by atoms with Gasteiger partial charge in [0.15, 0.2) is 0 Å². The van der Waals surface area contributed by atoms with E-state index in [1.165, 1.54) is 7.11 Å². The van der Waals surface area contributed by atoms with Gasteiger partial charge in [-0.1, -0.05) is 0 Å². The number of carbonyl (C=O) groups is 1. The second-order valence-corrected chi connectivity index (χ2v) is 3.47. The van der Waals surface area contributed by atoms with E-state index in [1.807, 2.05) is 0 Å². The molecule has 0 amide bonds. The van der Waals surface area contributed by atoms with Crippen LogP contribution in [0.5, 0.6) is 5.75 Å². The van der Waals surface area contributed by atoms with Gasteiger partial charge in [0.2, 0.25) is 0 Å². The van der Waals surface area contributed by atoms with Gasteiger partial charge in [-0.3, -0.25) is 4.79 Å². The van der Waals surface area contributed by atoms with Crippen molar-refractivity contribution in [2.24, 2.45) is 0 Å². The van der Waals surface area contributed by atoms with Crippen LogP contribution in [-0.4, -0.2) is 24.7 Å². The highest BCUT2D eigenvalue weighted by atomic mass is 19.3. The Balaban J connectivity index is 3.22. The number of alkyl halides is 2. The molecule has 1 aromatic heterocycles. The zero-order chi connectivity index (χ0) is 14.4. The van der Waals surface area contributed by atoms with Gasteiger partial charge in [0.25, 0.3) is 6.43 Å². The molecule has 19 heavy (non-hydrogen) atoms. The van der Waals surface area contributed by atoms with Crippen molar-refractivity contribution in [3.63, 3.8) is 0 Å². The average Bonchev–Trinajstić information content (AvgIpc) is 2.38. The smallest absolute Gasteiger partial charge is 0.310 e. The molecule has 0 aliphatic rings. The summed E-state index contributed by atoms with van der Waals surface area (Å²) in [5.74, 6) is -0.557. The largest absolute Gasteiger partial charge is 0.496 e. The Morgan fingerprint density at radius 3 is 2.74 bits per heavy atom. The topological polar surface area (TPSA) is 72.2 Å². The summed E-state index contributed by atoms with van der Waals surface area (Å²) < 4.78 is 34.9. The number of ether oxygens (including phenoxy) is 2. The predicted octanol–water partition coefficient (Wildman–Crippen LogP) is 2.01. The molecule has 0 bridgehead atoms. The van der Waals surface area contributed by atoms with E-state index >= 15 is 0 Å². The summed E-state index contributed by atoms with van der Waals surface area (Å²) in [5.41, 5.74) is -0.684. The Morgan fingerprint density at radius 1 is 1.58 bits per heavy atom. The lowest BCUT2D eigenvalue weighted by Gasteiger charge is -2.11. The number of carbonyl (C=O) groups excluding carboxylic acids is 1. The van der Waals surface area contributed by atoms with Crippen LogP contribution in [-0.2, 0) is 16.0 Å². The van der Waals surface area contributed by atoms with Crippen LogP contribution in [0.4, 0.5) is 8.78 Å². The van der Waals surface area contributed by atoms with Crippen LogP contribution < -0.4 is 4.74 Å². The molecule has 0 aliphatic carbocycles. The number of nitrogens with zero attached hydrogens (tertiary/aromatic N) is 2. The molecular weight excluding hydrogens is 258 g/mol. The van der Waals surface area contributed by atoms with Gasteiger partial charge in [0.1, 0.15) is 23.2 Å². The van der Waals surface area contributed by atoms with Crippen LogP contribution in [0.3, 0.4) is 0 Å². The quantitative estimate of drug-likeness (QED) is 0.765. The summed E-state index contributed by atoms with van der Waals surface area (Å²) in [6, 6.07) is 2.69. The highest BCUT2D eigenvalue weighted by molar-refractivity contribution is 5.74. The van der Waals surface area contributed by atoms with Gasteiger partial charge < -0.3 is 9.47 Å². The molecule has 0 aliphatic heterocycles. The number of hydrogen-bond acceptors (Lipinski definition) is 5. The van der Waals surface area contributed by atoms with Crippen LogP contribution in [0.25, 0.3) is 0 Å². The minimum absolute atomic E-state index is 0.0231. The highest BCUT2D eigenvalue weighted by Crippen LogP contribution is 2.27. The fourth-order valence-corrected chi connectivity index (χ4v) is 1.48. The van der Waals surface area contributed by atoms with E-state index in [-0.39, 0.29) is 30.0 Å². The highest BCUT2D eigenvalue weighted by Gasteiger charge is 2.20. The number of nitriles is 1. The van der Waals surface area contributed by atoms with Gasteiger partial charge in [-0.15, -0.1) is 0 Å². The van der Waals surface area contributed by atoms with E-state index in [1.54, 1.807) is 13.0 Å². The number of esters is 1. The van der Waals surface area contributed by atoms with Crippen molar-refractivity contribution in [3.05, 3.63) is 23.0 Å². The summed E-state index contributed by atoms with van der Waals surface area (Å²) >= 11 is 0. The molecule has 0 fully saturated rings. The molecule has 0 atom stereocenters. The Bertz CT molecular complexity index is 512. The summed E-state index contributed by atoms with van der Waals surface area (Å²) in [4.78, 5) is 14.9. The molecule has 0 spiro atoms. The molecule has 1 rings (SSSR count). The lowest BCUT2D eigenvalue weighted by atomic mass is 10.1. The second-order valence-electron chi connectivity index (χ2n) is 3.47. The molecule has 0 saturated carbocycles. The van der Waals surface area contributed by atoms with Gasteiger partial charge in [-0.2, -0.15) is 5.26 Å². The molecule has 1 aromatic rings. The fourth-order valence-electron chi connectivity index (χ4n) is 1.48. The van der Waals surface area contributed by atoms with Crippen molar-refractivity contribution in [1.29, 1.82) is 5.26 Å². The first-order chi connectivity index (χ1) is 9.03. The van der Waals surface area contributed by atoms with Gasteiger partial charge in [0.05, 0.1) is 20.1 Å². The Kier molecular flexibility index (Phi) is 5.18. The lowest BCUT2D eigenvalue weighted by Crippen LogP contribution is -2.11. The molecule has 102 valence electrons. The van der Waals surface area contributed by atoms with E-state index in [0.29, 0.717) is 0 Å². The van der Waals surface area contributed by atoms with Gasteiger partial charge in [-0.25, -0.2) is 13.8 Å². The average molecular weight is 270 g/mol. The van der Waals surface area contributed by atoms with Crippen LogP contribution in [0.2, 0.25) is 0 Å². The molecule has 0 aromatic carbocycles. The third kappa shape index (κ3) is 3.61. The van der Waals surface area contributed by atoms with Crippen LogP contribution >= 0.6 is 0 Å². The van der Waals surface area contributed by atoms with E-state index in [0.717, 1.165) is 6.07 Å². The number of aromatic nitrogens is 1. The monoisotopic (exact) mass is 270 g/mol. The summed E-state index contributed by atoms with van der Waals surface area (Å²) in [6.07, 6.45) is -3.08. The van der Waals surface area contributed by atoms with E-state index in [4.69, 9.17) is 14.7 Å². The predicted molar refractivity (Wildman–Crippen MR) is 60.8 cm³/mol. The van der Waals surface area contributed by atoms with Crippen molar-refractivity contribution >= 4 is 5.97 Å². The molecular formula is C12H12F2N2O3. The molecule has 0 radical (unpaired) electrons. The molecule has 0 N–H and O–H groups in total. The molecule has 5 nitrogen and oxygen atoms in total. The maximum absolute atomic E-state index is 12.6. The van der Waals surface area contributed by atoms with Gasteiger partial charge in [0, 0.05) is 11.6 Å². The van der Waals surface area contributed by atoms with E-state index < -0.39 is 18.1 Å². The summed E-state index contributed by atoms with van der Waals surface area (Å²) in [7, 11) is 1.26. The van der Waals surface area contributed by atoms with Crippen molar-refractivity contribution in [2.45, 2.75) is 19.8 Å². The van der Waals surface area contributed by atoms with Gasteiger partial charge in [-0.05, 0) is 6.92 Å². The zero-order valence-electron chi connectivity index (χ0n) is 10.4. The minimum Gasteiger partial charge on any atom is -0.496 e. The maximum Gasteiger partial charge on any atom is 0.310 e. The second kappa shape index (κ2) is 6.64. The van der Waals surface area contributed by atoms with Crippen molar-refractivity contribution in [2.75, 3.05) is 13.7 Å². The Hall–Kier alpha value is -2.23.